The third-order valence-electron chi connectivity index (χ3n) is 0. The standard InChI is InChI=1S/Na.Ni.S.Se. The van der Waals surface area contributed by atoms with Crippen LogP contribution in [0.2, 0.25) is 0 Å². The van der Waals surface area contributed by atoms with Crippen LogP contribution in [0.4, 0.5) is 0 Å². The zero-order valence-corrected chi connectivity index (χ0v) is 7.65. The Hall–Kier alpha value is 2.23. The van der Waals surface area contributed by atoms with E-state index in [0.717, 1.165) is 10.5 Å². The van der Waals surface area contributed by atoms with E-state index in [9.17, 15) is 0 Å². The molecule has 1 radical (unpaired) electrons. The molecule has 23 valence electrons. The van der Waals surface area contributed by atoms with Crippen molar-refractivity contribution in [3.63, 3.8) is 0 Å². The molecule has 0 rings (SSSR count). The second-order valence-corrected chi connectivity index (χ2v) is 3.39. The molecule has 0 saturated heterocycles. The quantitative estimate of drug-likeness (QED) is 0.483. The first-order valence-corrected chi connectivity index (χ1v) is 4.36. The molecule has 0 heterocycles. The Balaban J connectivity index is 0. The maximum atomic E-state index is 4.28. The van der Waals surface area contributed by atoms with Crippen LogP contribution in [0.1, 0.15) is 0 Å². The van der Waals surface area contributed by atoms with Gasteiger partial charge >= 0.3 is 35.0 Å². The van der Waals surface area contributed by atoms with Gasteiger partial charge < -0.3 is 0 Å². The molecule has 0 atom stereocenters. The van der Waals surface area contributed by atoms with Crippen molar-refractivity contribution in [3.05, 3.63) is 0 Å². The molecule has 4 heavy (non-hydrogen) atoms. The Morgan fingerprint density at radius 1 is 1.75 bits per heavy atom. The zero-order valence-electron chi connectivity index (χ0n) is 2.13. The second kappa shape index (κ2) is 8.97. The second-order valence-electron chi connectivity index (χ2n) is 0.0527. The van der Waals surface area contributed by atoms with E-state index in [4.69, 9.17) is 0 Å². The Morgan fingerprint density at radius 2 is 1.75 bits per heavy atom. The summed E-state index contributed by atoms with van der Waals surface area (Å²) in [5.41, 5.74) is 0. The van der Waals surface area contributed by atoms with Crippen LogP contribution >= 0.6 is 10.7 Å². The van der Waals surface area contributed by atoms with Crippen molar-refractivity contribution in [2.24, 2.45) is 0 Å². The van der Waals surface area contributed by atoms with Gasteiger partial charge in [-0.1, -0.05) is 0 Å². The molecule has 0 aromatic carbocycles. The van der Waals surface area contributed by atoms with Gasteiger partial charge in [0.25, 0.3) is 0 Å². The Kier molecular flexibility index (Phi) is 21.4. The van der Waals surface area contributed by atoms with Gasteiger partial charge in [-0.3, -0.25) is 0 Å². The van der Waals surface area contributed by atoms with Crippen LogP contribution in [-0.4, -0.2) is 43.3 Å². The molecule has 0 spiro atoms. The van der Waals surface area contributed by atoms with E-state index in [1.165, 1.54) is 0 Å². The average Bonchev–Trinajstić information content (AvgIpc) is 0.918. The molecule has 0 aliphatic rings. The summed E-state index contributed by atoms with van der Waals surface area (Å²) in [6.45, 7) is 0. The maximum absolute atomic E-state index is 4.28. The van der Waals surface area contributed by atoms with Crippen LogP contribution in [0.5, 0.6) is 0 Å². The third kappa shape index (κ3) is 8.87. The van der Waals surface area contributed by atoms with Crippen molar-refractivity contribution in [1.29, 1.82) is 0 Å². The van der Waals surface area contributed by atoms with Gasteiger partial charge in [0, 0.05) is 29.6 Å². The van der Waals surface area contributed by atoms with E-state index < -0.39 is 0 Å². The summed E-state index contributed by atoms with van der Waals surface area (Å²) in [5, 5.41) is 0. The van der Waals surface area contributed by atoms with E-state index in [1.807, 2.05) is 0 Å². The van der Waals surface area contributed by atoms with Gasteiger partial charge in [-0.05, 0) is 0 Å². The zero-order chi connectivity index (χ0) is 2.71. The van der Waals surface area contributed by atoms with Crippen LogP contribution in [0.25, 0.3) is 0 Å². The van der Waals surface area contributed by atoms with Crippen molar-refractivity contribution in [2.75, 3.05) is 0 Å². The SMILES string of the molecule is [Na].[S]=[Ni]=[Se]. The Bertz CT molecular complexity index is 29.0. The van der Waals surface area contributed by atoms with Crippen molar-refractivity contribution in [2.45, 2.75) is 0 Å². The fourth-order valence-electron chi connectivity index (χ4n) is 0. The molecule has 0 aromatic heterocycles. The fraction of sp³-hybridized carbons (Fsp3) is 0. The van der Waals surface area contributed by atoms with Crippen LogP contribution in [0.3, 0.4) is 0 Å². The summed E-state index contributed by atoms with van der Waals surface area (Å²) in [5.74, 6) is 0. The van der Waals surface area contributed by atoms with Crippen LogP contribution in [0.15, 0.2) is 0 Å². The van der Waals surface area contributed by atoms with Crippen LogP contribution in [-0.2, 0) is 10.5 Å². The first-order chi connectivity index (χ1) is 1.41. The van der Waals surface area contributed by atoms with Crippen molar-refractivity contribution in [3.8, 4) is 0 Å². The summed E-state index contributed by atoms with van der Waals surface area (Å²) in [6.07, 6.45) is 0. The molecular weight excluding hydrogens is 193 g/mol. The minimum absolute atomic E-state index is 0. The van der Waals surface area contributed by atoms with Crippen molar-refractivity contribution in [1.82, 2.24) is 0 Å². The molecule has 0 unspecified atom stereocenters. The molecule has 0 aliphatic heterocycles. The van der Waals surface area contributed by atoms with Gasteiger partial charge in [-0.2, -0.15) is 0 Å². The van der Waals surface area contributed by atoms with E-state index in [-0.39, 0.29) is 29.6 Å². The summed E-state index contributed by atoms with van der Waals surface area (Å²) in [7, 11) is 5.36. The molecule has 0 fully saturated rings. The van der Waals surface area contributed by atoms with Gasteiger partial charge in [0.05, 0.1) is 0 Å². The molecule has 0 bridgehead atoms. The molecule has 0 saturated carbocycles. The first-order valence-electron chi connectivity index (χ1n) is 0.258. The minimum atomic E-state index is 0. The molecule has 0 nitrogen and oxygen atoms in total. The molecule has 0 N–H and O–H groups in total. The van der Waals surface area contributed by atoms with E-state index >= 15 is 0 Å². The van der Waals surface area contributed by atoms with Crippen molar-refractivity contribution >= 4 is 54.0 Å². The molecule has 4 heteroatoms. The Labute approximate surface area is 63.5 Å². The van der Waals surface area contributed by atoms with Gasteiger partial charge in [0.1, 0.15) is 0 Å². The summed E-state index contributed by atoms with van der Waals surface area (Å²) >= 11 is 2.56. The van der Waals surface area contributed by atoms with Gasteiger partial charge in [0.15, 0.2) is 0 Å². The number of hydrogen-bond acceptors (Lipinski definition) is 1. The molecule has 0 aliphatic carbocycles. The normalized spacial score (nSPS) is 5.00. The van der Waals surface area contributed by atoms with E-state index in [0.29, 0.717) is 0 Å². The monoisotopic (exact) mass is 193 g/mol. The third-order valence-corrected chi connectivity index (χ3v) is 0. The van der Waals surface area contributed by atoms with E-state index in [1.54, 1.807) is 0 Å². The summed E-state index contributed by atoms with van der Waals surface area (Å²) in [4.78, 5) is 0. The fourth-order valence-corrected chi connectivity index (χ4v) is 0. The van der Waals surface area contributed by atoms with Gasteiger partial charge in [0.2, 0.25) is 0 Å². The van der Waals surface area contributed by atoms with Gasteiger partial charge in [-0.15, -0.1) is 0 Å². The van der Waals surface area contributed by atoms with Gasteiger partial charge in [-0.25, -0.2) is 0 Å². The number of hydrogen-bond donors (Lipinski definition) is 0. The van der Waals surface area contributed by atoms with E-state index in [2.05, 4.69) is 24.4 Å². The number of rotatable bonds is 0. The molecular formula is NaNiSSe. The molecule has 0 amide bonds. The summed E-state index contributed by atoms with van der Waals surface area (Å²) in [6, 6.07) is 0. The van der Waals surface area contributed by atoms with Crippen molar-refractivity contribution < 1.29 is 10.5 Å². The molecule has 0 aromatic rings. The Morgan fingerprint density at radius 3 is 1.75 bits per heavy atom. The topological polar surface area (TPSA) is 0 Å². The van der Waals surface area contributed by atoms with Crippen LogP contribution in [0, 0.1) is 0 Å². The average molecular weight is 193 g/mol. The summed E-state index contributed by atoms with van der Waals surface area (Å²) < 4.78 is 0. The van der Waals surface area contributed by atoms with Crippen LogP contribution < -0.4 is 0 Å². The predicted molar refractivity (Wildman–Crippen MR) is 19.1 cm³/mol. The first kappa shape index (κ1) is 9.53. The predicted octanol–water partition coefficient (Wildman–Crippen LogP) is -0.116.